The van der Waals surface area contributed by atoms with Crippen LogP contribution >= 0.6 is 0 Å². The van der Waals surface area contributed by atoms with E-state index in [2.05, 4.69) is 25.6 Å². The molecular formula is C25H20F5N5O4. The summed E-state index contributed by atoms with van der Waals surface area (Å²) in [6.07, 6.45) is -3.81. The van der Waals surface area contributed by atoms with Gasteiger partial charge >= 0.3 is 6.18 Å². The first-order chi connectivity index (χ1) is 18.5. The van der Waals surface area contributed by atoms with Crippen LogP contribution in [0.15, 0.2) is 65.9 Å². The molecule has 2 aromatic carbocycles. The van der Waals surface area contributed by atoms with Gasteiger partial charge in [0.1, 0.15) is 18.2 Å². The number of methoxy groups -OCH3 is 1. The number of nitrogens with zero attached hydrogens (tertiary/aromatic N) is 3. The number of hydrogen-bond acceptors (Lipinski definition) is 7. The lowest BCUT2D eigenvalue weighted by Crippen LogP contribution is -2.51. The van der Waals surface area contributed by atoms with E-state index in [4.69, 9.17) is 9.47 Å². The predicted octanol–water partition coefficient (Wildman–Crippen LogP) is 4.18. The highest BCUT2D eigenvalue weighted by atomic mass is 19.4. The number of rotatable bonds is 6. The van der Waals surface area contributed by atoms with Crippen molar-refractivity contribution in [3.05, 3.63) is 83.6 Å². The number of carbonyl (C=O) groups excluding carboxylic acids is 2. The van der Waals surface area contributed by atoms with Crippen LogP contribution in [0.1, 0.15) is 32.8 Å². The number of hydrogen-bond donors (Lipinski definition) is 2. The lowest BCUT2D eigenvalue weighted by molar-refractivity contribution is -0.167. The number of ether oxygens (including phenoxy) is 2. The van der Waals surface area contributed by atoms with Gasteiger partial charge in [-0.15, -0.1) is 0 Å². The zero-order chi connectivity index (χ0) is 28.2. The van der Waals surface area contributed by atoms with Gasteiger partial charge in [0, 0.05) is 23.2 Å². The van der Waals surface area contributed by atoms with Gasteiger partial charge in [0.25, 0.3) is 17.8 Å². The summed E-state index contributed by atoms with van der Waals surface area (Å²) in [6, 6.07) is 6.89. The molecule has 2 amide bonds. The molecule has 4 rings (SSSR count). The SMILES string of the molecule is COc1cnc(C(=O)Nc2ccc(F)c([C@]3(CF)C[C@@H](C(F)(F)F)N=C(NC(=O)c4ccccc4)O3)c2)cn1. The highest BCUT2D eigenvalue weighted by Crippen LogP contribution is 2.42. The van der Waals surface area contributed by atoms with Crippen LogP contribution < -0.4 is 15.4 Å². The molecule has 0 unspecified atom stereocenters. The third-order valence-corrected chi connectivity index (χ3v) is 5.72. The minimum atomic E-state index is -4.97. The van der Waals surface area contributed by atoms with Gasteiger partial charge < -0.3 is 14.8 Å². The van der Waals surface area contributed by atoms with Crippen LogP contribution in [0, 0.1) is 5.82 Å². The van der Waals surface area contributed by atoms with Crippen molar-refractivity contribution < 1.29 is 41.0 Å². The van der Waals surface area contributed by atoms with Gasteiger partial charge in [0.15, 0.2) is 11.6 Å². The molecule has 14 heteroatoms. The number of amides is 2. The van der Waals surface area contributed by atoms with Crippen molar-refractivity contribution >= 4 is 23.5 Å². The lowest BCUT2D eigenvalue weighted by Gasteiger charge is -2.39. The van der Waals surface area contributed by atoms with E-state index >= 15 is 4.39 Å². The molecule has 0 saturated heterocycles. The maximum atomic E-state index is 15.0. The molecule has 2 heterocycles. The third kappa shape index (κ3) is 6.10. The van der Waals surface area contributed by atoms with Crippen LogP contribution in [-0.2, 0) is 10.3 Å². The first kappa shape index (κ1) is 27.4. The predicted molar refractivity (Wildman–Crippen MR) is 127 cm³/mol. The summed E-state index contributed by atoms with van der Waals surface area (Å²) in [4.78, 5) is 36.2. The number of alkyl halides is 4. The minimum absolute atomic E-state index is 0.0707. The second kappa shape index (κ2) is 11.0. The Hall–Kier alpha value is -4.62. The molecule has 1 aliphatic rings. The standard InChI is InChI=1S/C25H20F5N5O4/c1-38-20-12-31-18(11-32-20)22(37)33-15-7-8-17(27)16(9-15)24(13-26)10-19(25(28,29)30)34-23(39-24)35-21(36)14-5-3-2-4-6-14/h2-9,11-12,19H,10,13H2,1H3,(H,33,37)(H,34,35,36)/t19-,24+/m0/s1. The molecule has 2 atom stereocenters. The van der Waals surface area contributed by atoms with Crippen molar-refractivity contribution in [1.29, 1.82) is 0 Å². The highest BCUT2D eigenvalue weighted by molar-refractivity contribution is 6.04. The lowest BCUT2D eigenvalue weighted by atomic mass is 9.86. The number of aromatic nitrogens is 2. The fourth-order valence-corrected chi connectivity index (χ4v) is 3.76. The van der Waals surface area contributed by atoms with Gasteiger partial charge in [-0.05, 0) is 30.3 Å². The van der Waals surface area contributed by atoms with Crippen LogP contribution in [0.3, 0.4) is 0 Å². The normalized spacial score (nSPS) is 18.9. The Bertz CT molecular complexity index is 1390. The monoisotopic (exact) mass is 549 g/mol. The quantitative estimate of drug-likeness (QED) is 0.446. The van der Waals surface area contributed by atoms with Crippen LogP contribution in [-0.4, -0.2) is 53.8 Å². The largest absolute Gasteiger partial charge is 0.480 e. The van der Waals surface area contributed by atoms with Gasteiger partial charge in [-0.2, -0.15) is 13.2 Å². The maximum Gasteiger partial charge on any atom is 0.411 e. The Morgan fingerprint density at radius 1 is 1.08 bits per heavy atom. The zero-order valence-corrected chi connectivity index (χ0v) is 20.1. The summed E-state index contributed by atoms with van der Waals surface area (Å²) in [5.41, 5.74) is -3.33. The second-order valence-corrected chi connectivity index (χ2v) is 8.34. The highest BCUT2D eigenvalue weighted by Gasteiger charge is 2.52. The number of amidine groups is 1. The fraction of sp³-hybridized carbons (Fsp3) is 0.240. The topological polar surface area (TPSA) is 115 Å². The van der Waals surface area contributed by atoms with Crippen LogP contribution in [0.5, 0.6) is 5.88 Å². The van der Waals surface area contributed by atoms with Crippen molar-refractivity contribution in [2.75, 3.05) is 19.1 Å². The molecule has 3 aromatic rings. The molecule has 204 valence electrons. The van der Waals surface area contributed by atoms with Gasteiger partial charge in [0.05, 0.1) is 19.5 Å². The van der Waals surface area contributed by atoms with Crippen molar-refractivity contribution in [2.45, 2.75) is 24.2 Å². The van der Waals surface area contributed by atoms with Gasteiger partial charge in [-0.25, -0.2) is 23.7 Å². The van der Waals surface area contributed by atoms with E-state index < -0.39 is 60.1 Å². The van der Waals surface area contributed by atoms with Crippen LogP contribution in [0.25, 0.3) is 0 Å². The molecule has 0 saturated carbocycles. The molecule has 0 bridgehead atoms. The molecule has 1 aliphatic heterocycles. The van der Waals surface area contributed by atoms with Crippen LogP contribution in [0.4, 0.5) is 27.6 Å². The van der Waals surface area contributed by atoms with Crippen LogP contribution in [0.2, 0.25) is 0 Å². The van der Waals surface area contributed by atoms with E-state index in [0.717, 1.165) is 24.4 Å². The number of benzene rings is 2. The number of nitrogens with one attached hydrogen (secondary N) is 2. The summed E-state index contributed by atoms with van der Waals surface area (Å²) in [7, 11) is 1.35. The Kier molecular flexibility index (Phi) is 7.74. The van der Waals surface area contributed by atoms with E-state index in [-0.39, 0.29) is 22.8 Å². The van der Waals surface area contributed by atoms with Crippen molar-refractivity contribution in [3.63, 3.8) is 0 Å². The smallest absolute Gasteiger partial charge is 0.411 e. The molecule has 9 nitrogen and oxygen atoms in total. The molecule has 0 aliphatic carbocycles. The Balaban J connectivity index is 1.66. The summed E-state index contributed by atoms with van der Waals surface area (Å²) in [6.45, 7) is -1.61. The summed E-state index contributed by atoms with van der Waals surface area (Å²) >= 11 is 0. The average molecular weight is 549 g/mol. The number of aliphatic imine (C=N–C) groups is 1. The summed E-state index contributed by atoms with van der Waals surface area (Å²) in [5, 5.41) is 4.50. The fourth-order valence-electron chi connectivity index (χ4n) is 3.76. The van der Waals surface area contributed by atoms with E-state index in [1.807, 2.05) is 0 Å². The number of carbonyl (C=O) groups is 2. The Morgan fingerprint density at radius 3 is 2.44 bits per heavy atom. The average Bonchev–Trinajstić information content (AvgIpc) is 2.93. The van der Waals surface area contributed by atoms with E-state index in [1.54, 1.807) is 6.07 Å². The molecule has 39 heavy (non-hydrogen) atoms. The summed E-state index contributed by atoms with van der Waals surface area (Å²) < 4.78 is 81.3. The third-order valence-electron chi connectivity index (χ3n) is 5.72. The molecule has 1 aromatic heterocycles. The molecular weight excluding hydrogens is 529 g/mol. The Morgan fingerprint density at radius 2 is 1.82 bits per heavy atom. The van der Waals surface area contributed by atoms with E-state index in [9.17, 15) is 27.2 Å². The van der Waals surface area contributed by atoms with Gasteiger partial charge in [0.2, 0.25) is 5.88 Å². The molecule has 0 fully saturated rings. The molecule has 0 spiro atoms. The molecule has 0 radical (unpaired) electrons. The Labute approximate surface area is 218 Å². The molecule has 2 N–H and O–H groups in total. The van der Waals surface area contributed by atoms with E-state index in [0.29, 0.717) is 0 Å². The van der Waals surface area contributed by atoms with Crippen molar-refractivity contribution in [2.24, 2.45) is 4.99 Å². The first-order valence-corrected chi connectivity index (χ1v) is 11.3. The maximum absolute atomic E-state index is 15.0. The second-order valence-electron chi connectivity index (χ2n) is 8.34. The van der Waals surface area contributed by atoms with Crippen molar-refractivity contribution in [3.8, 4) is 5.88 Å². The van der Waals surface area contributed by atoms with E-state index in [1.165, 1.54) is 37.6 Å². The van der Waals surface area contributed by atoms with Gasteiger partial charge in [-0.1, -0.05) is 18.2 Å². The number of anilines is 1. The summed E-state index contributed by atoms with van der Waals surface area (Å²) in [5.74, 6) is -2.61. The first-order valence-electron chi connectivity index (χ1n) is 11.3. The zero-order valence-electron chi connectivity index (χ0n) is 20.1. The van der Waals surface area contributed by atoms with Gasteiger partial charge in [-0.3, -0.25) is 14.9 Å². The van der Waals surface area contributed by atoms with Crippen molar-refractivity contribution in [1.82, 2.24) is 15.3 Å². The minimum Gasteiger partial charge on any atom is -0.480 e. The number of halogens is 5.